The Morgan fingerprint density at radius 1 is 1.21 bits per heavy atom. The van der Waals surface area contributed by atoms with Gasteiger partial charge in [-0.3, -0.25) is 0 Å². The minimum absolute atomic E-state index is 0.0188. The van der Waals surface area contributed by atoms with E-state index in [4.69, 9.17) is 24.0 Å². The number of rotatable bonds is 4. The quantitative estimate of drug-likeness (QED) is 0.337. The zero-order valence-corrected chi connectivity index (χ0v) is 18.0. The molecule has 0 saturated heterocycles. The Hall–Kier alpha value is -4.44. The molecule has 0 spiro atoms. The molecule has 1 unspecified atom stereocenters. The first-order valence-electron chi connectivity index (χ1n) is 10.5. The van der Waals surface area contributed by atoms with E-state index in [-0.39, 0.29) is 23.0 Å². The highest BCUT2D eigenvalue weighted by molar-refractivity contribution is 5.97. The van der Waals surface area contributed by atoms with Gasteiger partial charge in [-0.15, -0.1) is 0 Å². The summed E-state index contributed by atoms with van der Waals surface area (Å²) in [5.41, 5.74) is 9.46. The number of carbonyl (C=O) groups excluding carboxylic acids is 1. The maximum atomic E-state index is 12.9. The van der Waals surface area contributed by atoms with Gasteiger partial charge in [-0.2, -0.15) is 5.26 Å². The van der Waals surface area contributed by atoms with E-state index in [0.29, 0.717) is 22.7 Å². The number of ether oxygens (including phenoxy) is 2. The van der Waals surface area contributed by atoms with Crippen LogP contribution in [0.3, 0.4) is 0 Å². The second-order valence-electron chi connectivity index (χ2n) is 7.77. The molecule has 1 aliphatic heterocycles. The third-order valence-electron chi connectivity index (χ3n) is 5.82. The summed E-state index contributed by atoms with van der Waals surface area (Å²) in [4.78, 5) is 12.9. The maximum absolute atomic E-state index is 12.9. The first-order valence-corrected chi connectivity index (χ1v) is 10.5. The second-order valence-corrected chi connectivity index (χ2v) is 7.77. The Bertz CT molecular complexity index is 1450. The molecule has 164 valence electrons. The molecule has 7 nitrogen and oxygen atoms in total. The van der Waals surface area contributed by atoms with E-state index in [1.54, 1.807) is 30.3 Å². The Balaban J connectivity index is 1.47. The molecule has 5 rings (SSSR count). The van der Waals surface area contributed by atoms with Crippen molar-refractivity contribution in [3.8, 4) is 17.6 Å². The lowest BCUT2D eigenvalue weighted by Crippen LogP contribution is -2.21. The van der Waals surface area contributed by atoms with Crippen molar-refractivity contribution in [3.05, 3.63) is 94.5 Å². The van der Waals surface area contributed by atoms with Crippen LogP contribution in [0.1, 0.15) is 45.8 Å². The van der Waals surface area contributed by atoms with Crippen LogP contribution in [0.25, 0.3) is 11.0 Å². The molecule has 0 aliphatic carbocycles. The van der Waals surface area contributed by atoms with Gasteiger partial charge >= 0.3 is 5.97 Å². The van der Waals surface area contributed by atoms with Crippen LogP contribution in [0, 0.1) is 18.3 Å². The number of nitrogens with zero attached hydrogens (tertiary/aromatic N) is 1. The molecule has 2 N–H and O–H groups in total. The number of allylic oxidation sites excluding steroid dienone is 1. The minimum Gasteiger partial charge on any atom is -0.468 e. The average Bonchev–Trinajstić information content (AvgIpc) is 3.46. The molecule has 33 heavy (non-hydrogen) atoms. The summed E-state index contributed by atoms with van der Waals surface area (Å²) in [6, 6.07) is 16.4. The van der Waals surface area contributed by atoms with Gasteiger partial charge in [-0.1, -0.05) is 19.1 Å². The van der Waals surface area contributed by atoms with Gasteiger partial charge in [0.2, 0.25) is 11.6 Å². The standard InChI is InChI=1S/C26H20N2O5/c1-3-15-6-9-20-18(11-15)14(2)24(32-20)26(29)31-16-7-8-17-22(12-16)33-25(28)19(13-27)23(17)21-5-4-10-30-21/h4-12,23H,3,28H2,1-2H3. The van der Waals surface area contributed by atoms with Crippen molar-refractivity contribution in [3.63, 3.8) is 0 Å². The third-order valence-corrected chi connectivity index (χ3v) is 5.82. The number of aryl methyl sites for hydroxylation is 2. The number of furan rings is 2. The molecule has 0 bridgehead atoms. The van der Waals surface area contributed by atoms with Gasteiger partial charge in [-0.25, -0.2) is 4.79 Å². The number of esters is 1. The molecule has 3 heterocycles. The number of nitriles is 1. The Morgan fingerprint density at radius 3 is 2.79 bits per heavy atom. The normalized spacial score (nSPS) is 15.1. The molecule has 7 heteroatoms. The zero-order chi connectivity index (χ0) is 23.1. The monoisotopic (exact) mass is 440 g/mol. The predicted octanol–water partition coefficient (Wildman–Crippen LogP) is 5.33. The van der Waals surface area contributed by atoms with Gasteiger partial charge in [0.25, 0.3) is 0 Å². The SMILES string of the molecule is CCc1ccc2oc(C(=O)Oc3ccc4c(c3)OC(N)=C(C#N)C4c3ccco3)c(C)c2c1. The smallest absolute Gasteiger partial charge is 0.379 e. The van der Waals surface area contributed by atoms with E-state index in [1.165, 1.54) is 6.26 Å². The molecular formula is C26H20N2O5. The highest BCUT2D eigenvalue weighted by Gasteiger charge is 2.33. The van der Waals surface area contributed by atoms with Crippen molar-refractivity contribution in [1.29, 1.82) is 5.26 Å². The molecule has 0 fully saturated rings. The van der Waals surface area contributed by atoms with E-state index >= 15 is 0 Å². The van der Waals surface area contributed by atoms with Crippen LogP contribution in [0.2, 0.25) is 0 Å². The van der Waals surface area contributed by atoms with Crippen molar-refractivity contribution in [1.82, 2.24) is 0 Å². The molecule has 0 saturated carbocycles. The number of hydrogen-bond donors (Lipinski definition) is 1. The van der Waals surface area contributed by atoms with Gasteiger partial charge in [0.05, 0.1) is 12.2 Å². The maximum Gasteiger partial charge on any atom is 0.379 e. The van der Waals surface area contributed by atoms with Crippen molar-refractivity contribution in [2.45, 2.75) is 26.2 Å². The average molecular weight is 440 g/mol. The summed E-state index contributed by atoms with van der Waals surface area (Å²) in [6.07, 6.45) is 2.42. The van der Waals surface area contributed by atoms with Gasteiger partial charge in [0, 0.05) is 22.6 Å². The molecule has 1 atom stereocenters. The van der Waals surface area contributed by atoms with Gasteiger partial charge in [0.1, 0.15) is 34.5 Å². The fourth-order valence-corrected chi connectivity index (χ4v) is 4.08. The summed E-state index contributed by atoms with van der Waals surface area (Å²) in [6.45, 7) is 3.91. The molecule has 0 amide bonds. The lowest BCUT2D eigenvalue weighted by molar-refractivity contribution is 0.0702. The van der Waals surface area contributed by atoms with Crippen LogP contribution in [0.4, 0.5) is 0 Å². The topological polar surface area (TPSA) is 112 Å². The van der Waals surface area contributed by atoms with Crippen molar-refractivity contribution >= 4 is 16.9 Å². The molecule has 4 aromatic rings. The molecule has 2 aromatic heterocycles. The minimum atomic E-state index is -0.610. The van der Waals surface area contributed by atoms with E-state index < -0.39 is 11.9 Å². The number of fused-ring (bicyclic) bond motifs is 2. The van der Waals surface area contributed by atoms with Gasteiger partial charge < -0.3 is 24.0 Å². The van der Waals surface area contributed by atoms with Crippen molar-refractivity contribution < 1.29 is 23.1 Å². The van der Waals surface area contributed by atoms with E-state index in [1.807, 2.05) is 25.1 Å². The Morgan fingerprint density at radius 2 is 2.06 bits per heavy atom. The summed E-state index contributed by atoms with van der Waals surface area (Å²) in [5.74, 6) is 0.219. The molecule has 0 radical (unpaired) electrons. The zero-order valence-electron chi connectivity index (χ0n) is 18.0. The molecular weight excluding hydrogens is 420 g/mol. The van der Waals surface area contributed by atoms with E-state index in [0.717, 1.165) is 22.9 Å². The third kappa shape index (κ3) is 3.42. The number of hydrogen-bond acceptors (Lipinski definition) is 7. The highest BCUT2D eigenvalue weighted by Crippen LogP contribution is 2.43. The fraction of sp³-hybridized carbons (Fsp3) is 0.154. The Kier molecular flexibility index (Phi) is 4.91. The van der Waals surface area contributed by atoms with Crippen LogP contribution in [0.15, 0.2) is 75.1 Å². The fourth-order valence-electron chi connectivity index (χ4n) is 4.08. The molecule has 1 aliphatic rings. The van der Waals surface area contributed by atoms with Crippen molar-refractivity contribution in [2.75, 3.05) is 0 Å². The lowest BCUT2D eigenvalue weighted by atomic mass is 9.87. The number of carbonyl (C=O) groups is 1. The van der Waals surface area contributed by atoms with Crippen LogP contribution >= 0.6 is 0 Å². The van der Waals surface area contributed by atoms with Crippen LogP contribution in [0.5, 0.6) is 11.5 Å². The first kappa shape index (κ1) is 20.5. The highest BCUT2D eigenvalue weighted by atomic mass is 16.5. The van der Waals surface area contributed by atoms with Crippen molar-refractivity contribution in [2.24, 2.45) is 5.73 Å². The second kappa shape index (κ2) is 7.92. The van der Waals surface area contributed by atoms with Crippen LogP contribution in [-0.2, 0) is 6.42 Å². The summed E-state index contributed by atoms with van der Waals surface area (Å²) in [7, 11) is 0. The predicted molar refractivity (Wildman–Crippen MR) is 120 cm³/mol. The largest absolute Gasteiger partial charge is 0.468 e. The first-order chi connectivity index (χ1) is 16.0. The van der Waals surface area contributed by atoms with Gasteiger partial charge in [-0.05, 0) is 49.2 Å². The van der Waals surface area contributed by atoms with E-state index in [2.05, 4.69) is 13.0 Å². The molecule has 2 aromatic carbocycles. The van der Waals surface area contributed by atoms with E-state index in [9.17, 15) is 10.1 Å². The van der Waals surface area contributed by atoms with Gasteiger partial charge in [0.15, 0.2) is 0 Å². The summed E-state index contributed by atoms with van der Waals surface area (Å²) < 4.78 is 22.6. The number of nitrogens with two attached hydrogens (primary N) is 1. The van der Waals surface area contributed by atoms with Crippen LogP contribution < -0.4 is 15.2 Å². The summed E-state index contributed by atoms with van der Waals surface area (Å²) in [5, 5.41) is 10.5. The number of benzene rings is 2. The Labute approximate surface area is 189 Å². The summed E-state index contributed by atoms with van der Waals surface area (Å²) >= 11 is 0. The lowest BCUT2D eigenvalue weighted by Gasteiger charge is -2.25. The van der Waals surface area contributed by atoms with Crippen LogP contribution in [-0.4, -0.2) is 5.97 Å².